The van der Waals surface area contributed by atoms with Gasteiger partial charge in [0, 0.05) is 38.0 Å². The minimum absolute atomic E-state index is 0.0529. The number of rotatable bonds is 4. The summed E-state index contributed by atoms with van der Waals surface area (Å²) in [5, 5.41) is 5.88. The number of nitrogens with zero attached hydrogens (tertiary/aromatic N) is 4. The van der Waals surface area contributed by atoms with Crippen molar-refractivity contribution >= 4 is 16.7 Å². The lowest BCUT2D eigenvalue weighted by atomic mass is 10.0. The second-order valence-corrected chi connectivity index (χ2v) is 7.53. The van der Waals surface area contributed by atoms with Gasteiger partial charge < -0.3 is 4.90 Å². The van der Waals surface area contributed by atoms with E-state index < -0.39 is 0 Å². The zero-order chi connectivity index (χ0) is 17.9. The van der Waals surface area contributed by atoms with E-state index in [1.807, 2.05) is 29.2 Å². The molecule has 138 valence electrons. The fourth-order valence-corrected chi connectivity index (χ4v) is 4.15. The van der Waals surface area contributed by atoms with Gasteiger partial charge in [0.2, 0.25) is 5.91 Å². The molecule has 2 aromatic rings. The molecule has 1 aliphatic heterocycles. The highest BCUT2D eigenvalue weighted by Gasteiger charge is 2.25. The van der Waals surface area contributed by atoms with Crippen LogP contribution in [-0.2, 0) is 11.5 Å². The van der Waals surface area contributed by atoms with Gasteiger partial charge in [-0.05, 0) is 24.8 Å². The second-order valence-electron chi connectivity index (χ2n) is 7.53. The zero-order valence-corrected chi connectivity index (χ0v) is 15.1. The molecule has 1 saturated heterocycles. The Balaban J connectivity index is 1.34. The van der Waals surface area contributed by atoms with Crippen molar-refractivity contribution in [3.8, 4) is 0 Å². The molecule has 1 aliphatic carbocycles. The summed E-state index contributed by atoms with van der Waals surface area (Å²) < 4.78 is 1.53. The van der Waals surface area contributed by atoms with E-state index in [1.54, 1.807) is 6.20 Å². The van der Waals surface area contributed by atoms with E-state index in [4.69, 9.17) is 0 Å². The zero-order valence-electron chi connectivity index (χ0n) is 15.1. The molecular weight excluding hydrogens is 328 g/mol. The molecule has 0 N–H and O–H groups in total. The molecule has 0 bridgehead atoms. The summed E-state index contributed by atoms with van der Waals surface area (Å²) in [6.07, 6.45) is 7.44. The molecule has 1 aromatic heterocycles. The van der Waals surface area contributed by atoms with Gasteiger partial charge in [-0.15, -0.1) is 0 Å². The number of carbonyl (C=O) groups is 1. The predicted octanol–water partition coefficient (Wildman–Crippen LogP) is 2.08. The number of hydrogen-bond acceptors (Lipinski definition) is 4. The third kappa shape index (κ3) is 3.65. The number of hydrogen-bond donors (Lipinski definition) is 0. The minimum atomic E-state index is -0.0529. The summed E-state index contributed by atoms with van der Waals surface area (Å²) in [6.45, 7) is 3.55. The normalized spacial score (nSPS) is 19.3. The molecule has 6 nitrogen and oxygen atoms in total. The maximum Gasteiger partial charge on any atom is 0.275 e. The molecule has 1 saturated carbocycles. The highest BCUT2D eigenvalue weighted by molar-refractivity contribution is 5.80. The first-order valence-corrected chi connectivity index (χ1v) is 9.66. The first-order chi connectivity index (χ1) is 12.7. The van der Waals surface area contributed by atoms with Gasteiger partial charge in [0.1, 0.15) is 0 Å². The summed E-state index contributed by atoms with van der Waals surface area (Å²) in [5.74, 6) is 0.901. The molecule has 0 unspecified atom stereocenters. The first-order valence-electron chi connectivity index (χ1n) is 9.66. The minimum Gasteiger partial charge on any atom is -0.340 e. The van der Waals surface area contributed by atoms with Crippen molar-refractivity contribution in [2.75, 3.05) is 26.2 Å². The van der Waals surface area contributed by atoms with E-state index >= 15 is 0 Å². The number of fused-ring (bicyclic) bond motifs is 1. The van der Waals surface area contributed by atoms with Crippen LogP contribution in [0.15, 0.2) is 35.3 Å². The van der Waals surface area contributed by atoms with Crippen molar-refractivity contribution in [1.29, 1.82) is 0 Å². The van der Waals surface area contributed by atoms with Crippen LogP contribution in [0.1, 0.15) is 32.1 Å². The van der Waals surface area contributed by atoms with E-state index in [2.05, 4.69) is 10.00 Å². The van der Waals surface area contributed by atoms with Crippen LogP contribution in [-0.4, -0.2) is 51.7 Å². The van der Waals surface area contributed by atoms with Gasteiger partial charge in [-0.25, -0.2) is 4.68 Å². The maximum atomic E-state index is 12.6. The molecule has 2 heterocycles. The van der Waals surface area contributed by atoms with Crippen molar-refractivity contribution in [2.45, 2.75) is 38.8 Å². The van der Waals surface area contributed by atoms with Crippen LogP contribution in [0.5, 0.6) is 0 Å². The lowest BCUT2D eigenvalue weighted by Crippen LogP contribution is -2.50. The monoisotopic (exact) mass is 354 g/mol. The maximum absolute atomic E-state index is 12.6. The van der Waals surface area contributed by atoms with Gasteiger partial charge in [-0.2, -0.15) is 5.10 Å². The van der Waals surface area contributed by atoms with Crippen LogP contribution in [0.2, 0.25) is 0 Å². The molecule has 6 heteroatoms. The third-order valence-corrected chi connectivity index (χ3v) is 5.76. The predicted molar refractivity (Wildman–Crippen MR) is 101 cm³/mol. The van der Waals surface area contributed by atoms with Crippen LogP contribution in [0.3, 0.4) is 0 Å². The van der Waals surface area contributed by atoms with Gasteiger partial charge in [0.05, 0.1) is 18.3 Å². The van der Waals surface area contributed by atoms with Crippen molar-refractivity contribution in [3.63, 3.8) is 0 Å². The van der Waals surface area contributed by atoms with Gasteiger partial charge in [-0.1, -0.05) is 31.0 Å². The standard InChI is InChI=1S/C20H26N4O2/c25-19(13-16-5-1-2-6-16)23-11-9-22(10-12-23)15-24-20(26)18-8-4-3-7-17(18)14-21-24/h3-4,7-8,14,16H,1-2,5-6,9-13,15H2. The summed E-state index contributed by atoms with van der Waals surface area (Å²) in [7, 11) is 0. The number of amides is 1. The second kappa shape index (κ2) is 7.58. The Morgan fingerprint density at radius 1 is 1.08 bits per heavy atom. The number of piperazine rings is 1. The fourth-order valence-electron chi connectivity index (χ4n) is 4.15. The molecule has 2 fully saturated rings. The molecular formula is C20H26N4O2. The van der Waals surface area contributed by atoms with Crippen LogP contribution in [0.25, 0.3) is 10.8 Å². The molecule has 0 atom stereocenters. The smallest absolute Gasteiger partial charge is 0.275 e. The Labute approximate surface area is 153 Å². The van der Waals surface area contributed by atoms with E-state index in [-0.39, 0.29) is 5.56 Å². The average molecular weight is 354 g/mol. The lowest BCUT2D eigenvalue weighted by Gasteiger charge is -2.35. The average Bonchev–Trinajstić information content (AvgIpc) is 3.18. The van der Waals surface area contributed by atoms with E-state index in [1.165, 1.54) is 30.4 Å². The largest absolute Gasteiger partial charge is 0.340 e. The Hall–Kier alpha value is -2.21. The Kier molecular flexibility index (Phi) is 5.02. The van der Waals surface area contributed by atoms with Gasteiger partial charge in [0.25, 0.3) is 5.56 Å². The van der Waals surface area contributed by atoms with Crippen LogP contribution < -0.4 is 5.56 Å². The fraction of sp³-hybridized carbons (Fsp3) is 0.550. The number of carbonyl (C=O) groups excluding carboxylic acids is 1. The topological polar surface area (TPSA) is 58.4 Å². The molecule has 1 amide bonds. The van der Waals surface area contributed by atoms with Crippen LogP contribution in [0.4, 0.5) is 0 Å². The van der Waals surface area contributed by atoms with Gasteiger partial charge in [-0.3, -0.25) is 14.5 Å². The van der Waals surface area contributed by atoms with Crippen molar-refractivity contribution in [1.82, 2.24) is 19.6 Å². The van der Waals surface area contributed by atoms with Crippen molar-refractivity contribution in [3.05, 3.63) is 40.8 Å². The van der Waals surface area contributed by atoms with Crippen molar-refractivity contribution in [2.24, 2.45) is 5.92 Å². The molecule has 0 spiro atoms. The Morgan fingerprint density at radius 2 is 1.81 bits per heavy atom. The molecule has 1 aromatic carbocycles. The lowest BCUT2D eigenvalue weighted by molar-refractivity contribution is -0.134. The van der Waals surface area contributed by atoms with Crippen LogP contribution >= 0.6 is 0 Å². The Morgan fingerprint density at radius 3 is 2.58 bits per heavy atom. The Bertz CT molecular complexity index is 833. The van der Waals surface area contributed by atoms with E-state index in [0.29, 0.717) is 30.3 Å². The van der Waals surface area contributed by atoms with Crippen LogP contribution in [0, 0.1) is 5.92 Å². The number of benzene rings is 1. The van der Waals surface area contributed by atoms with Gasteiger partial charge >= 0.3 is 0 Å². The summed E-state index contributed by atoms with van der Waals surface area (Å²) in [6, 6.07) is 7.54. The molecule has 2 aliphatic rings. The van der Waals surface area contributed by atoms with Crippen molar-refractivity contribution < 1.29 is 4.79 Å². The van der Waals surface area contributed by atoms with E-state index in [9.17, 15) is 9.59 Å². The summed E-state index contributed by atoms with van der Waals surface area (Å²) in [5.41, 5.74) is -0.0529. The number of aromatic nitrogens is 2. The molecule has 0 radical (unpaired) electrons. The summed E-state index contributed by atoms with van der Waals surface area (Å²) >= 11 is 0. The highest BCUT2D eigenvalue weighted by atomic mass is 16.2. The first kappa shape index (κ1) is 17.2. The quantitative estimate of drug-likeness (QED) is 0.843. The van der Waals surface area contributed by atoms with Gasteiger partial charge in [0.15, 0.2) is 0 Å². The summed E-state index contributed by atoms with van der Waals surface area (Å²) in [4.78, 5) is 29.2. The third-order valence-electron chi connectivity index (χ3n) is 5.76. The SMILES string of the molecule is O=C(CC1CCCC1)N1CCN(Cn2ncc3ccccc3c2=O)CC1. The molecule has 4 rings (SSSR count). The van der Waals surface area contributed by atoms with E-state index in [0.717, 1.165) is 31.6 Å². The highest BCUT2D eigenvalue weighted by Crippen LogP contribution is 2.28. The molecule has 26 heavy (non-hydrogen) atoms.